The third-order valence-corrected chi connectivity index (χ3v) is 2.11. The summed E-state index contributed by atoms with van der Waals surface area (Å²) in [6.07, 6.45) is 2.84. The molecule has 3 nitrogen and oxygen atoms in total. The molecule has 1 aromatic rings. The van der Waals surface area contributed by atoms with E-state index < -0.39 is 0 Å². The molecule has 0 saturated heterocycles. The van der Waals surface area contributed by atoms with Gasteiger partial charge in [0, 0.05) is 24.3 Å². The Bertz CT molecular complexity index is 345. The number of aryl methyl sites for hydroxylation is 1. The van der Waals surface area contributed by atoms with Gasteiger partial charge in [-0.3, -0.25) is 4.79 Å². The molecule has 78 valence electrons. The van der Waals surface area contributed by atoms with E-state index in [1.54, 1.807) is 0 Å². The van der Waals surface area contributed by atoms with Gasteiger partial charge in [-0.05, 0) is 27.7 Å². The topological polar surface area (TPSA) is 34.0 Å². The summed E-state index contributed by atoms with van der Waals surface area (Å²) in [6, 6.07) is 0. The highest BCUT2D eigenvalue weighted by Gasteiger charge is 2.15. The van der Waals surface area contributed by atoms with Crippen molar-refractivity contribution < 1.29 is 4.79 Å². The third kappa shape index (κ3) is 2.16. The number of hydrogen-bond acceptors (Lipinski definition) is 2. The van der Waals surface area contributed by atoms with Crippen molar-refractivity contribution in [1.29, 1.82) is 0 Å². The lowest BCUT2D eigenvalue weighted by molar-refractivity contribution is 0.111. The van der Waals surface area contributed by atoms with Crippen LogP contribution < -0.4 is 5.32 Å². The van der Waals surface area contributed by atoms with E-state index in [1.807, 2.05) is 24.7 Å². The summed E-state index contributed by atoms with van der Waals surface area (Å²) >= 11 is 0. The average Bonchev–Trinajstić information content (AvgIpc) is 2.24. The van der Waals surface area contributed by atoms with Crippen molar-refractivity contribution in [3.63, 3.8) is 0 Å². The third-order valence-electron chi connectivity index (χ3n) is 2.11. The molecule has 1 N–H and O–H groups in total. The van der Waals surface area contributed by atoms with Gasteiger partial charge in [0.1, 0.15) is 0 Å². The first-order valence-corrected chi connectivity index (χ1v) is 4.74. The average molecular weight is 194 g/mol. The number of rotatable bonds is 2. The van der Waals surface area contributed by atoms with Crippen LogP contribution in [0.15, 0.2) is 6.20 Å². The molecule has 0 amide bonds. The molecule has 1 rings (SSSR count). The maximum atomic E-state index is 10.8. The molecule has 14 heavy (non-hydrogen) atoms. The van der Waals surface area contributed by atoms with Crippen molar-refractivity contribution >= 4 is 12.0 Å². The molecule has 0 spiro atoms. The second-order valence-electron chi connectivity index (χ2n) is 4.66. The molecule has 3 heteroatoms. The Morgan fingerprint density at radius 1 is 1.43 bits per heavy atom. The summed E-state index contributed by atoms with van der Waals surface area (Å²) < 4.78 is 1.84. The Morgan fingerprint density at radius 2 is 2.00 bits per heavy atom. The summed E-state index contributed by atoms with van der Waals surface area (Å²) in [7, 11) is 1.88. The zero-order chi connectivity index (χ0) is 10.9. The number of nitrogens with one attached hydrogen (secondary N) is 1. The number of anilines is 1. The van der Waals surface area contributed by atoms with Gasteiger partial charge in [-0.25, -0.2) is 0 Å². The Balaban J connectivity index is 3.06. The van der Waals surface area contributed by atoms with Crippen molar-refractivity contribution in [2.75, 3.05) is 5.32 Å². The molecular formula is C11H18N2O. The van der Waals surface area contributed by atoms with Gasteiger partial charge in [0.05, 0.1) is 11.4 Å². The van der Waals surface area contributed by atoms with Crippen LogP contribution in [0.4, 0.5) is 5.69 Å². The van der Waals surface area contributed by atoms with Crippen molar-refractivity contribution in [3.05, 3.63) is 17.5 Å². The van der Waals surface area contributed by atoms with Gasteiger partial charge >= 0.3 is 0 Å². The second kappa shape index (κ2) is 3.48. The quantitative estimate of drug-likeness (QED) is 0.733. The molecule has 0 aliphatic heterocycles. The van der Waals surface area contributed by atoms with E-state index in [4.69, 9.17) is 0 Å². The van der Waals surface area contributed by atoms with Crippen molar-refractivity contribution in [2.45, 2.75) is 33.2 Å². The molecule has 0 aliphatic rings. The highest BCUT2D eigenvalue weighted by Crippen LogP contribution is 2.22. The van der Waals surface area contributed by atoms with Gasteiger partial charge in [-0.15, -0.1) is 0 Å². The Kier molecular flexibility index (Phi) is 2.69. The van der Waals surface area contributed by atoms with Crippen molar-refractivity contribution in [2.24, 2.45) is 7.05 Å². The lowest BCUT2D eigenvalue weighted by atomic mass is 10.1. The van der Waals surface area contributed by atoms with Gasteiger partial charge in [-0.2, -0.15) is 0 Å². The summed E-state index contributed by atoms with van der Waals surface area (Å²) in [5.74, 6) is 0. The number of aldehydes is 1. The van der Waals surface area contributed by atoms with Gasteiger partial charge in [0.2, 0.25) is 0 Å². The Morgan fingerprint density at radius 3 is 2.36 bits per heavy atom. The normalized spacial score (nSPS) is 11.5. The fourth-order valence-corrected chi connectivity index (χ4v) is 1.46. The Hall–Kier alpha value is -1.25. The first-order chi connectivity index (χ1) is 6.35. The first kappa shape index (κ1) is 10.8. The number of carbonyl (C=O) groups is 1. The van der Waals surface area contributed by atoms with Crippen molar-refractivity contribution in [3.8, 4) is 0 Å². The molecule has 0 bridgehead atoms. The van der Waals surface area contributed by atoms with Crippen molar-refractivity contribution in [1.82, 2.24) is 4.57 Å². The molecule has 0 aromatic carbocycles. The van der Waals surface area contributed by atoms with E-state index in [0.29, 0.717) is 0 Å². The minimum absolute atomic E-state index is 0.0201. The van der Waals surface area contributed by atoms with Crippen LogP contribution in [-0.2, 0) is 7.05 Å². The van der Waals surface area contributed by atoms with E-state index in [-0.39, 0.29) is 5.54 Å². The predicted octanol–water partition coefficient (Wildman–Crippen LogP) is 2.36. The number of carbonyl (C=O) groups excluding carboxylic acids is 1. The number of hydrogen-bond donors (Lipinski definition) is 1. The standard InChI is InChI=1S/C11H18N2O/c1-8-9(12-11(2,3)4)6-13(5)10(8)7-14/h6-7,12H,1-5H3. The number of nitrogens with zero attached hydrogens (tertiary/aromatic N) is 1. The minimum atomic E-state index is 0.0201. The molecule has 0 saturated carbocycles. The molecule has 0 fully saturated rings. The maximum Gasteiger partial charge on any atom is 0.166 e. The summed E-state index contributed by atoms with van der Waals surface area (Å²) in [4.78, 5) is 10.8. The minimum Gasteiger partial charge on any atom is -0.379 e. The smallest absolute Gasteiger partial charge is 0.166 e. The fourth-order valence-electron chi connectivity index (χ4n) is 1.46. The van der Waals surface area contributed by atoms with Gasteiger partial charge in [-0.1, -0.05) is 0 Å². The van der Waals surface area contributed by atoms with Crippen LogP contribution in [0.5, 0.6) is 0 Å². The van der Waals surface area contributed by atoms with Crippen LogP contribution >= 0.6 is 0 Å². The molecule has 0 unspecified atom stereocenters. The second-order valence-corrected chi connectivity index (χ2v) is 4.66. The van der Waals surface area contributed by atoms with E-state index in [0.717, 1.165) is 23.2 Å². The SMILES string of the molecule is Cc1c(NC(C)(C)C)cn(C)c1C=O. The molecular weight excluding hydrogens is 176 g/mol. The molecule has 0 aliphatic carbocycles. The van der Waals surface area contributed by atoms with Gasteiger partial charge in [0.25, 0.3) is 0 Å². The Labute approximate surface area is 85.1 Å². The van der Waals surface area contributed by atoms with Gasteiger partial charge in [0.15, 0.2) is 6.29 Å². The van der Waals surface area contributed by atoms with Crippen LogP contribution in [0.3, 0.4) is 0 Å². The molecule has 0 atom stereocenters. The van der Waals surface area contributed by atoms with Crippen LogP contribution in [0, 0.1) is 6.92 Å². The van der Waals surface area contributed by atoms with E-state index in [2.05, 4.69) is 26.1 Å². The molecule has 1 aromatic heterocycles. The number of aromatic nitrogens is 1. The van der Waals surface area contributed by atoms with E-state index in [9.17, 15) is 4.79 Å². The maximum absolute atomic E-state index is 10.8. The molecule has 0 radical (unpaired) electrons. The highest BCUT2D eigenvalue weighted by molar-refractivity contribution is 5.79. The summed E-state index contributed by atoms with van der Waals surface area (Å²) in [5.41, 5.74) is 2.79. The largest absolute Gasteiger partial charge is 0.379 e. The zero-order valence-corrected chi connectivity index (χ0v) is 9.51. The summed E-state index contributed by atoms with van der Waals surface area (Å²) in [5, 5.41) is 3.37. The van der Waals surface area contributed by atoms with Gasteiger partial charge < -0.3 is 9.88 Å². The predicted molar refractivity (Wildman–Crippen MR) is 58.9 cm³/mol. The first-order valence-electron chi connectivity index (χ1n) is 4.74. The highest BCUT2D eigenvalue weighted by atomic mass is 16.1. The molecule has 1 heterocycles. The summed E-state index contributed by atoms with van der Waals surface area (Å²) in [6.45, 7) is 8.25. The fraction of sp³-hybridized carbons (Fsp3) is 0.545. The van der Waals surface area contributed by atoms with Crippen LogP contribution in [0.1, 0.15) is 36.8 Å². The zero-order valence-electron chi connectivity index (χ0n) is 9.51. The van der Waals surface area contributed by atoms with Crippen LogP contribution in [-0.4, -0.2) is 16.4 Å². The van der Waals surface area contributed by atoms with E-state index >= 15 is 0 Å². The lowest BCUT2D eigenvalue weighted by Gasteiger charge is -2.21. The monoisotopic (exact) mass is 194 g/mol. The van der Waals surface area contributed by atoms with E-state index in [1.165, 1.54) is 0 Å². The lowest BCUT2D eigenvalue weighted by Crippen LogP contribution is -2.26. The van der Waals surface area contributed by atoms with Crippen LogP contribution in [0.2, 0.25) is 0 Å². The van der Waals surface area contributed by atoms with Crippen LogP contribution in [0.25, 0.3) is 0 Å².